The third kappa shape index (κ3) is 2.52. The Labute approximate surface area is 133 Å². The Morgan fingerprint density at radius 3 is 2.50 bits per heavy atom. The molecule has 1 aromatic carbocycles. The van der Waals surface area contributed by atoms with Gasteiger partial charge in [0.2, 0.25) is 0 Å². The number of hydrogen-bond donors (Lipinski definition) is 1. The fourth-order valence-electron chi connectivity index (χ4n) is 1.72. The Kier molecular flexibility index (Phi) is 3.64. The van der Waals surface area contributed by atoms with Gasteiger partial charge in [-0.15, -0.1) is 0 Å². The zero-order chi connectivity index (χ0) is 14.3. The lowest BCUT2D eigenvalue weighted by Gasteiger charge is -2.09. The van der Waals surface area contributed by atoms with E-state index in [1.165, 1.54) is 0 Å². The average Bonchev–Trinajstić information content (AvgIpc) is 2.82. The quantitative estimate of drug-likeness (QED) is 0.692. The van der Waals surface area contributed by atoms with Gasteiger partial charge in [-0.1, -0.05) is 34.8 Å². The van der Waals surface area contributed by atoms with E-state index in [1.807, 2.05) is 0 Å². The highest BCUT2D eigenvalue weighted by molar-refractivity contribution is 7.00. The Hall–Kier alpha value is -1.21. The summed E-state index contributed by atoms with van der Waals surface area (Å²) in [6.45, 7) is 1.75. The summed E-state index contributed by atoms with van der Waals surface area (Å²) in [6, 6.07) is 3.22. The number of fused-ring (bicyclic) bond motifs is 1. The number of aromatic nitrogens is 4. The molecule has 0 aliphatic carbocycles. The molecule has 2 aromatic heterocycles. The number of rotatable bonds is 2. The van der Waals surface area contributed by atoms with Crippen molar-refractivity contribution in [1.29, 1.82) is 0 Å². The molecule has 20 heavy (non-hydrogen) atoms. The maximum Gasteiger partial charge on any atom is 0.135 e. The number of aryl methyl sites for hydroxylation is 1. The summed E-state index contributed by atoms with van der Waals surface area (Å²) in [5, 5.41) is 4.33. The first-order valence-electron chi connectivity index (χ1n) is 5.43. The topological polar surface area (TPSA) is 63.6 Å². The normalized spacial score (nSPS) is 11.0. The molecule has 0 amide bonds. The molecule has 2 heterocycles. The van der Waals surface area contributed by atoms with Gasteiger partial charge in [0.1, 0.15) is 27.8 Å². The molecular formula is C11H6Cl3N5S. The zero-order valence-electron chi connectivity index (χ0n) is 9.99. The molecule has 0 unspecified atom stereocenters. The first-order chi connectivity index (χ1) is 9.54. The standard InChI is InChI=1S/C11H6Cl3N5S/c1-4-15-7(14)3-8(16-4)17-9-5(12)2-6(13)10-11(9)19-20-18-10/h2-3H,1H3,(H,15,16,17). The zero-order valence-corrected chi connectivity index (χ0v) is 13.1. The highest BCUT2D eigenvalue weighted by Gasteiger charge is 2.15. The summed E-state index contributed by atoms with van der Waals surface area (Å²) < 4.78 is 8.34. The second-order valence-corrected chi connectivity index (χ2v) is 5.65. The van der Waals surface area contributed by atoms with Crippen molar-refractivity contribution < 1.29 is 0 Å². The van der Waals surface area contributed by atoms with E-state index in [2.05, 4.69) is 24.0 Å². The van der Waals surface area contributed by atoms with Crippen LogP contribution in [-0.4, -0.2) is 18.7 Å². The molecule has 0 radical (unpaired) electrons. The van der Waals surface area contributed by atoms with E-state index in [9.17, 15) is 0 Å². The van der Waals surface area contributed by atoms with Crippen LogP contribution >= 0.6 is 46.5 Å². The lowest BCUT2D eigenvalue weighted by molar-refractivity contribution is 1.06. The van der Waals surface area contributed by atoms with E-state index in [4.69, 9.17) is 34.8 Å². The SMILES string of the molecule is Cc1nc(Cl)cc(Nc2c(Cl)cc(Cl)c3nsnc23)n1. The van der Waals surface area contributed by atoms with Gasteiger partial charge < -0.3 is 5.32 Å². The van der Waals surface area contributed by atoms with E-state index in [0.717, 1.165) is 11.7 Å². The summed E-state index contributed by atoms with van der Waals surface area (Å²) in [4.78, 5) is 8.24. The van der Waals surface area contributed by atoms with Gasteiger partial charge in [-0.3, -0.25) is 0 Å². The van der Waals surface area contributed by atoms with Gasteiger partial charge in [0.25, 0.3) is 0 Å². The summed E-state index contributed by atoms with van der Waals surface area (Å²) in [5.41, 5.74) is 1.79. The molecule has 3 aromatic rings. The molecular weight excluding hydrogens is 341 g/mol. The summed E-state index contributed by atoms with van der Waals surface area (Å²) >= 11 is 19.3. The average molecular weight is 347 g/mol. The van der Waals surface area contributed by atoms with Crippen molar-refractivity contribution in [3.05, 3.63) is 33.2 Å². The van der Waals surface area contributed by atoms with Crippen LogP contribution in [0.5, 0.6) is 0 Å². The van der Waals surface area contributed by atoms with Crippen LogP contribution in [0.15, 0.2) is 12.1 Å². The molecule has 0 fully saturated rings. The molecule has 9 heteroatoms. The monoisotopic (exact) mass is 345 g/mol. The predicted molar refractivity (Wildman–Crippen MR) is 82.5 cm³/mol. The molecule has 0 atom stereocenters. The molecule has 102 valence electrons. The van der Waals surface area contributed by atoms with E-state index in [-0.39, 0.29) is 0 Å². The Morgan fingerprint density at radius 2 is 1.75 bits per heavy atom. The number of nitrogens with one attached hydrogen (secondary N) is 1. The van der Waals surface area contributed by atoms with Crippen LogP contribution in [0.25, 0.3) is 11.0 Å². The summed E-state index contributed by atoms with van der Waals surface area (Å²) in [5.74, 6) is 1.08. The van der Waals surface area contributed by atoms with Crippen LogP contribution in [0, 0.1) is 6.92 Å². The molecule has 1 N–H and O–H groups in total. The van der Waals surface area contributed by atoms with Gasteiger partial charge >= 0.3 is 0 Å². The Morgan fingerprint density at radius 1 is 1.00 bits per heavy atom. The summed E-state index contributed by atoms with van der Waals surface area (Å²) in [7, 11) is 0. The first kappa shape index (κ1) is 13.8. The van der Waals surface area contributed by atoms with E-state index in [1.54, 1.807) is 19.1 Å². The largest absolute Gasteiger partial charge is 0.337 e. The van der Waals surface area contributed by atoms with Crippen molar-refractivity contribution in [1.82, 2.24) is 18.7 Å². The van der Waals surface area contributed by atoms with Gasteiger partial charge in [0, 0.05) is 6.07 Å². The Bertz CT molecular complexity index is 784. The fraction of sp³-hybridized carbons (Fsp3) is 0.0909. The molecule has 3 rings (SSSR count). The van der Waals surface area contributed by atoms with Gasteiger partial charge in [-0.25, -0.2) is 9.97 Å². The second kappa shape index (κ2) is 5.29. The smallest absolute Gasteiger partial charge is 0.135 e. The van der Waals surface area contributed by atoms with E-state index >= 15 is 0 Å². The molecule has 5 nitrogen and oxygen atoms in total. The summed E-state index contributed by atoms with van der Waals surface area (Å²) in [6.07, 6.45) is 0. The number of nitrogens with zero attached hydrogens (tertiary/aromatic N) is 4. The highest BCUT2D eigenvalue weighted by atomic mass is 35.5. The minimum Gasteiger partial charge on any atom is -0.337 e. The lowest BCUT2D eigenvalue weighted by Crippen LogP contribution is -1.99. The Balaban J connectivity index is 2.13. The fourth-order valence-corrected chi connectivity index (χ4v) is 3.10. The number of benzene rings is 1. The van der Waals surface area contributed by atoms with Crippen molar-refractivity contribution in [2.45, 2.75) is 6.92 Å². The molecule has 0 saturated carbocycles. The van der Waals surface area contributed by atoms with Gasteiger partial charge in [-0.05, 0) is 13.0 Å². The van der Waals surface area contributed by atoms with Crippen LogP contribution in [0.2, 0.25) is 15.2 Å². The minimum absolute atomic E-state index is 0.345. The molecule has 0 aliphatic rings. The van der Waals surface area contributed by atoms with Crippen LogP contribution in [0.1, 0.15) is 5.82 Å². The number of hydrogen-bond acceptors (Lipinski definition) is 6. The maximum atomic E-state index is 6.21. The van der Waals surface area contributed by atoms with Crippen molar-refractivity contribution >= 4 is 69.1 Å². The molecule has 0 saturated heterocycles. The number of halogens is 3. The van der Waals surface area contributed by atoms with Crippen LogP contribution < -0.4 is 5.32 Å². The number of anilines is 2. The van der Waals surface area contributed by atoms with E-state index < -0.39 is 0 Å². The first-order valence-corrected chi connectivity index (χ1v) is 7.29. The highest BCUT2D eigenvalue weighted by Crippen LogP contribution is 2.36. The van der Waals surface area contributed by atoms with Gasteiger partial charge in [0.15, 0.2) is 0 Å². The molecule has 0 bridgehead atoms. The lowest BCUT2D eigenvalue weighted by atomic mass is 10.2. The van der Waals surface area contributed by atoms with Crippen molar-refractivity contribution in [2.24, 2.45) is 0 Å². The van der Waals surface area contributed by atoms with Crippen molar-refractivity contribution in [2.75, 3.05) is 5.32 Å². The van der Waals surface area contributed by atoms with Crippen molar-refractivity contribution in [3.8, 4) is 0 Å². The van der Waals surface area contributed by atoms with E-state index in [0.29, 0.717) is 43.6 Å². The maximum absolute atomic E-state index is 6.21. The van der Waals surface area contributed by atoms with Crippen molar-refractivity contribution in [3.63, 3.8) is 0 Å². The van der Waals surface area contributed by atoms with Gasteiger partial charge in [0.05, 0.1) is 27.5 Å². The second-order valence-electron chi connectivity index (χ2n) is 3.92. The van der Waals surface area contributed by atoms with Gasteiger partial charge in [-0.2, -0.15) is 8.75 Å². The third-order valence-corrected chi connectivity index (χ3v) is 3.81. The predicted octanol–water partition coefficient (Wildman–Crippen LogP) is 4.49. The minimum atomic E-state index is 0.345. The molecule has 0 aliphatic heterocycles. The van der Waals surface area contributed by atoms with Crippen LogP contribution in [-0.2, 0) is 0 Å². The van der Waals surface area contributed by atoms with Crippen LogP contribution in [0.3, 0.4) is 0 Å². The molecule has 0 spiro atoms. The van der Waals surface area contributed by atoms with Crippen LogP contribution in [0.4, 0.5) is 11.5 Å². The third-order valence-electron chi connectivity index (χ3n) is 2.50.